The Balaban J connectivity index is 2.04. The van der Waals surface area contributed by atoms with Crippen LogP contribution in [0.25, 0.3) is 0 Å². The van der Waals surface area contributed by atoms with Crippen molar-refractivity contribution in [3.8, 4) is 0 Å². The summed E-state index contributed by atoms with van der Waals surface area (Å²) < 4.78 is 0. The van der Waals surface area contributed by atoms with Crippen molar-refractivity contribution in [2.45, 2.75) is 50.4 Å². The fourth-order valence-electron chi connectivity index (χ4n) is 1.81. The lowest BCUT2D eigenvalue weighted by Gasteiger charge is -2.23. The summed E-state index contributed by atoms with van der Waals surface area (Å²) in [6.07, 6.45) is 1.80. The number of aromatic nitrogens is 1. The summed E-state index contributed by atoms with van der Waals surface area (Å²) in [6.45, 7) is 6.80. The van der Waals surface area contributed by atoms with Crippen molar-refractivity contribution in [2.24, 2.45) is 0 Å². The molecule has 0 spiro atoms. The molecule has 1 heterocycles. The summed E-state index contributed by atoms with van der Waals surface area (Å²) >= 11 is 0. The zero-order chi connectivity index (χ0) is 13.4. The maximum absolute atomic E-state index is 10.2. The highest BCUT2D eigenvalue weighted by Crippen LogP contribution is 2.53. The summed E-state index contributed by atoms with van der Waals surface area (Å²) in [5, 5.41) is 13.6. The molecule has 18 heavy (non-hydrogen) atoms. The Kier molecular flexibility index (Phi) is 3.77. The van der Waals surface area contributed by atoms with Crippen molar-refractivity contribution >= 4 is 9.24 Å². The number of nitrogens with zero attached hydrogens (tertiary/aromatic N) is 1. The third kappa shape index (κ3) is 3.50. The van der Waals surface area contributed by atoms with E-state index in [1.165, 1.54) is 12.8 Å². The molecule has 3 nitrogen and oxygen atoms in total. The molecular formula is C14H23N2OP. The number of aliphatic hydroxyl groups excluding tert-OH is 1. The number of rotatable bonds is 4. The van der Waals surface area contributed by atoms with Crippen LogP contribution in [0.15, 0.2) is 18.2 Å². The molecule has 0 saturated heterocycles. The lowest BCUT2D eigenvalue weighted by molar-refractivity contribution is 0.158. The van der Waals surface area contributed by atoms with Crippen LogP contribution in [0.4, 0.5) is 0 Å². The highest BCUT2D eigenvalue weighted by molar-refractivity contribution is 7.19. The minimum Gasteiger partial charge on any atom is -0.385 e. The van der Waals surface area contributed by atoms with Crippen LogP contribution in [0.1, 0.15) is 51.1 Å². The zero-order valence-corrected chi connectivity index (χ0v) is 12.6. The fraction of sp³-hybridized carbons (Fsp3) is 0.643. The SMILES string of the molecule is CC(C)(C)NCC(O)c1cccc(C2(P)CC2)n1. The van der Waals surface area contributed by atoms with Crippen molar-refractivity contribution in [3.63, 3.8) is 0 Å². The van der Waals surface area contributed by atoms with Gasteiger partial charge in [-0.05, 0) is 45.7 Å². The smallest absolute Gasteiger partial charge is 0.108 e. The van der Waals surface area contributed by atoms with E-state index in [9.17, 15) is 5.11 Å². The lowest BCUT2D eigenvalue weighted by Crippen LogP contribution is -2.38. The lowest BCUT2D eigenvalue weighted by atomic mass is 10.1. The first-order valence-corrected chi connectivity index (χ1v) is 7.07. The van der Waals surface area contributed by atoms with Gasteiger partial charge in [0.25, 0.3) is 0 Å². The topological polar surface area (TPSA) is 45.1 Å². The van der Waals surface area contributed by atoms with Gasteiger partial charge >= 0.3 is 0 Å². The Bertz CT molecular complexity index is 424. The van der Waals surface area contributed by atoms with E-state index in [1.807, 2.05) is 18.2 Å². The molecule has 1 saturated carbocycles. The molecule has 1 aliphatic rings. The maximum Gasteiger partial charge on any atom is 0.108 e. The van der Waals surface area contributed by atoms with Crippen LogP contribution in [0.3, 0.4) is 0 Å². The van der Waals surface area contributed by atoms with E-state index in [0.29, 0.717) is 6.54 Å². The molecule has 1 aromatic heterocycles. The molecule has 2 N–H and O–H groups in total. The monoisotopic (exact) mass is 266 g/mol. The normalized spacial score (nSPS) is 19.6. The van der Waals surface area contributed by atoms with Crippen LogP contribution in [-0.2, 0) is 5.16 Å². The molecule has 2 atom stereocenters. The van der Waals surface area contributed by atoms with Crippen LogP contribution < -0.4 is 5.32 Å². The van der Waals surface area contributed by atoms with Gasteiger partial charge in [0, 0.05) is 17.2 Å². The summed E-state index contributed by atoms with van der Waals surface area (Å²) in [5.41, 5.74) is 1.86. The van der Waals surface area contributed by atoms with Crippen molar-refractivity contribution in [1.29, 1.82) is 0 Å². The first kappa shape index (κ1) is 13.9. The van der Waals surface area contributed by atoms with E-state index < -0.39 is 6.10 Å². The molecule has 4 heteroatoms. The minimum atomic E-state index is -0.545. The first-order valence-electron chi connectivity index (χ1n) is 6.50. The van der Waals surface area contributed by atoms with Gasteiger partial charge in [0.1, 0.15) is 6.10 Å². The first-order chi connectivity index (χ1) is 8.30. The van der Waals surface area contributed by atoms with Crippen molar-refractivity contribution in [3.05, 3.63) is 29.6 Å². The highest BCUT2D eigenvalue weighted by Gasteiger charge is 2.40. The standard InChI is InChI=1S/C14H23N2OP/c1-13(2,3)15-9-11(17)10-5-4-6-12(16-10)14(18)7-8-14/h4-6,11,15,17H,7-9,18H2,1-3H3. The molecule has 1 fully saturated rings. The minimum absolute atomic E-state index is 0.0108. The quantitative estimate of drug-likeness (QED) is 0.822. The van der Waals surface area contributed by atoms with E-state index in [-0.39, 0.29) is 10.7 Å². The van der Waals surface area contributed by atoms with Gasteiger partial charge in [0.05, 0.1) is 11.4 Å². The van der Waals surface area contributed by atoms with Crippen LogP contribution in [0.5, 0.6) is 0 Å². The number of hydrogen-bond acceptors (Lipinski definition) is 3. The van der Waals surface area contributed by atoms with Crippen LogP contribution in [-0.4, -0.2) is 22.2 Å². The van der Waals surface area contributed by atoms with E-state index >= 15 is 0 Å². The molecular weight excluding hydrogens is 243 g/mol. The zero-order valence-electron chi connectivity index (χ0n) is 11.4. The van der Waals surface area contributed by atoms with Crippen molar-refractivity contribution in [2.75, 3.05) is 6.54 Å². The van der Waals surface area contributed by atoms with E-state index in [1.54, 1.807) is 0 Å². The number of nitrogens with one attached hydrogen (secondary N) is 1. The average Bonchev–Trinajstić information content (AvgIpc) is 3.05. The number of pyridine rings is 1. The third-order valence-corrected chi connectivity index (χ3v) is 4.11. The second-order valence-electron chi connectivity index (χ2n) is 6.25. The number of β-amino-alcohol motifs (C(OH)–C–C–N with tert-alkyl or cyclic N) is 1. The summed E-state index contributed by atoms with van der Waals surface area (Å²) in [7, 11) is 2.88. The summed E-state index contributed by atoms with van der Waals surface area (Å²) in [5.74, 6) is 0. The van der Waals surface area contributed by atoms with E-state index in [0.717, 1.165) is 11.4 Å². The van der Waals surface area contributed by atoms with Gasteiger partial charge in [-0.2, -0.15) is 0 Å². The maximum atomic E-state index is 10.2. The Labute approximate surface area is 112 Å². The second kappa shape index (κ2) is 4.88. The molecule has 0 amide bonds. The molecule has 1 aliphatic carbocycles. The average molecular weight is 266 g/mol. The predicted molar refractivity (Wildman–Crippen MR) is 77.6 cm³/mol. The van der Waals surface area contributed by atoms with Gasteiger partial charge in [-0.15, -0.1) is 9.24 Å². The van der Waals surface area contributed by atoms with Crippen LogP contribution in [0, 0.1) is 0 Å². The molecule has 0 aromatic carbocycles. The van der Waals surface area contributed by atoms with E-state index in [2.05, 4.69) is 40.3 Å². The van der Waals surface area contributed by atoms with Crippen LogP contribution >= 0.6 is 9.24 Å². The van der Waals surface area contributed by atoms with Gasteiger partial charge in [0.15, 0.2) is 0 Å². The van der Waals surface area contributed by atoms with Gasteiger partial charge < -0.3 is 10.4 Å². The fourth-order valence-corrected chi connectivity index (χ4v) is 2.12. The number of aliphatic hydroxyl groups is 1. The Morgan fingerprint density at radius 1 is 1.44 bits per heavy atom. The van der Waals surface area contributed by atoms with E-state index in [4.69, 9.17) is 0 Å². The van der Waals surface area contributed by atoms with Gasteiger partial charge in [-0.25, -0.2) is 0 Å². The largest absolute Gasteiger partial charge is 0.385 e. The second-order valence-corrected chi connectivity index (χ2v) is 7.36. The Morgan fingerprint density at radius 2 is 2.11 bits per heavy atom. The van der Waals surface area contributed by atoms with Gasteiger partial charge in [0.2, 0.25) is 0 Å². The predicted octanol–water partition coefficient (Wildman–Crippen LogP) is 2.37. The molecule has 0 aliphatic heterocycles. The van der Waals surface area contributed by atoms with Crippen molar-refractivity contribution < 1.29 is 5.11 Å². The molecule has 100 valence electrons. The van der Waals surface area contributed by atoms with Crippen LogP contribution in [0.2, 0.25) is 0 Å². The molecule has 1 aromatic rings. The number of hydrogen-bond donors (Lipinski definition) is 2. The summed E-state index contributed by atoms with van der Waals surface area (Å²) in [4.78, 5) is 4.60. The highest BCUT2D eigenvalue weighted by atomic mass is 31.0. The third-order valence-electron chi connectivity index (χ3n) is 3.24. The Hall–Kier alpha value is -0.500. The molecule has 0 radical (unpaired) electrons. The van der Waals surface area contributed by atoms with Gasteiger partial charge in [-0.1, -0.05) is 6.07 Å². The Morgan fingerprint density at radius 3 is 2.67 bits per heavy atom. The summed E-state index contributed by atoms with van der Waals surface area (Å²) in [6, 6.07) is 5.93. The van der Waals surface area contributed by atoms with Crippen molar-refractivity contribution in [1.82, 2.24) is 10.3 Å². The molecule has 2 unspecified atom stereocenters. The molecule has 2 rings (SSSR count). The molecule has 0 bridgehead atoms. The van der Waals surface area contributed by atoms with Gasteiger partial charge in [-0.3, -0.25) is 4.98 Å².